The molecule has 3 amide bonds. The lowest BCUT2D eigenvalue weighted by molar-refractivity contribution is -0.134. The summed E-state index contributed by atoms with van der Waals surface area (Å²) in [5.41, 5.74) is 2.60. The molecule has 1 aliphatic heterocycles. The number of aryl methyl sites for hydroxylation is 1. The molecular weight excluding hydrogens is 294 g/mol. The highest BCUT2D eigenvalue weighted by Crippen LogP contribution is 2.30. The van der Waals surface area contributed by atoms with Gasteiger partial charge >= 0.3 is 0 Å². The summed E-state index contributed by atoms with van der Waals surface area (Å²) < 4.78 is 0. The van der Waals surface area contributed by atoms with Crippen molar-refractivity contribution in [2.24, 2.45) is 0 Å². The Hall–Kier alpha value is -2.37. The van der Waals surface area contributed by atoms with E-state index in [1.807, 2.05) is 18.2 Å². The maximum Gasteiger partial charge on any atom is 0.246 e. The van der Waals surface area contributed by atoms with Crippen LogP contribution in [0.25, 0.3) is 0 Å². The molecule has 1 atom stereocenters. The van der Waals surface area contributed by atoms with E-state index in [1.165, 1.54) is 11.8 Å². The first-order chi connectivity index (χ1) is 10.8. The molecule has 23 heavy (non-hydrogen) atoms. The monoisotopic (exact) mass is 317 g/mol. The molecule has 1 heterocycles. The number of rotatable bonds is 3. The third-order valence-corrected chi connectivity index (χ3v) is 4.31. The molecule has 124 valence electrons. The number of hydrogen-bond donors (Lipinski definition) is 1. The molecule has 1 aromatic rings. The summed E-state index contributed by atoms with van der Waals surface area (Å²) in [5, 5.41) is 2.82. The third kappa shape index (κ3) is 3.70. The van der Waals surface area contributed by atoms with Crippen LogP contribution in [-0.4, -0.2) is 42.3 Å². The van der Waals surface area contributed by atoms with E-state index in [0.29, 0.717) is 12.2 Å². The topological polar surface area (TPSA) is 69.7 Å². The molecule has 0 saturated carbocycles. The Morgan fingerprint density at radius 1 is 1.26 bits per heavy atom. The summed E-state index contributed by atoms with van der Waals surface area (Å²) in [7, 11) is 1.59. The molecule has 0 aromatic heterocycles. The number of benzene rings is 1. The molecule has 0 radical (unpaired) electrons. The summed E-state index contributed by atoms with van der Waals surface area (Å²) in [5.74, 6) is -0.423. The minimum Gasteiger partial charge on any atom is -0.334 e. The van der Waals surface area contributed by atoms with Gasteiger partial charge in [0.2, 0.25) is 17.7 Å². The van der Waals surface area contributed by atoms with Gasteiger partial charge in [-0.15, -0.1) is 0 Å². The molecule has 2 rings (SSSR count). The standard InChI is InChI=1S/C17H23N3O3/c1-11(19(4)12(2)21)17(23)18-15-8-7-14-6-5-9-20(13(3)22)16(14)10-15/h7-8,10-11H,5-6,9H2,1-4H3,(H,18,23). The largest absolute Gasteiger partial charge is 0.334 e. The van der Waals surface area contributed by atoms with Crippen LogP contribution >= 0.6 is 0 Å². The van der Waals surface area contributed by atoms with Crippen LogP contribution in [0.15, 0.2) is 18.2 Å². The van der Waals surface area contributed by atoms with E-state index >= 15 is 0 Å². The molecule has 6 nitrogen and oxygen atoms in total. The molecular formula is C17H23N3O3. The fourth-order valence-electron chi connectivity index (χ4n) is 2.67. The number of anilines is 2. The average molecular weight is 317 g/mol. The number of nitrogens with zero attached hydrogens (tertiary/aromatic N) is 2. The number of nitrogens with one attached hydrogen (secondary N) is 1. The molecule has 0 fully saturated rings. The van der Waals surface area contributed by atoms with Crippen molar-refractivity contribution in [2.45, 2.75) is 39.7 Å². The van der Waals surface area contributed by atoms with Gasteiger partial charge in [0.15, 0.2) is 0 Å². The van der Waals surface area contributed by atoms with Crippen molar-refractivity contribution < 1.29 is 14.4 Å². The van der Waals surface area contributed by atoms with Gasteiger partial charge < -0.3 is 15.1 Å². The Labute approximate surface area is 136 Å². The van der Waals surface area contributed by atoms with Gasteiger partial charge in [-0.3, -0.25) is 14.4 Å². The van der Waals surface area contributed by atoms with Crippen LogP contribution in [0.2, 0.25) is 0 Å². The van der Waals surface area contributed by atoms with Gasteiger partial charge in [0.05, 0.1) is 0 Å². The van der Waals surface area contributed by atoms with Gasteiger partial charge in [-0.25, -0.2) is 0 Å². The minimum absolute atomic E-state index is 0.000826. The zero-order valence-corrected chi connectivity index (χ0v) is 14.0. The summed E-state index contributed by atoms with van der Waals surface area (Å²) in [6.07, 6.45) is 1.87. The lowest BCUT2D eigenvalue weighted by Gasteiger charge is -2.29. The van der Waals surface area contributed by atoms with Crippen LogP contribution in [-0.2, 0) is 20.8 Å². The maximum atomic E-state index is 12.3. The van der Waals surface area contributed by atoms with E-state index in [-0.39, 0.29) is 17.7 Å². The Morgan fingerprint density at radius 3 is 2.57 bits per heavy atom. The van der Waals surface area contributed by atoms with Gasteiger partial charge in [-0.05, 0) is 37.5 Å². The van der Waals surface area contributed by atoms with Crippen molar-refractivity contribution in [3.8, 4) is 0 Å². The molecule has 1 aliphatic rings. The van der Waals surface area contributed by atoms with Crippen molar-refractivity contribution in [1.29, 1.82) is 0 Å². The van der Waals surface area contributed by atoms with E-state index < -0.39 is 6.04 Å². The highest BCUT2D eigenvalue weighted by Gasteiger charge is 2.23. The second kappa shape index (κ2) is 6.81. The molecule has 0 bridgehead atoms. The zero-order valence-electron chi connectivity index (χ0n) is 14.0. The second-order valence-corrected chi connectivity index (χ2v) is 5.91. The fourth-order valence-corrected chi connectivity index (χ4v) is 2.67. The number of hydrogen-bond acceptors (Lipinski definition) is 3. The number of carbonyl (C=O) groups excluding carboxylic acids is 3. The van der Waals surface area contributed by atoms with Crippen LogP contribution in [0.1, 0.15) is 32.8 Å². The Morgan fingerprint density at radius 2 is 1.96 bits per heavy atom. The van der Waals surface area contributed by atoms with Crippen LogP contribution in [0.3, 0.4) is 0 Å². The first-order valence-corrected chi connectivity index (χ1v) is 7.76. The molecule has 1 unspecified atom stereocenters. The molecule has 6 heteroatoms. The molecule has 0 saturated heterocycles. The van der Waals surface area contributed by atoms with Gasteiger partial charge in [-0.2, -0.15) is 0 Å². The highest BCUT2D eigenvalue weighted by molar-refractivity contribution is 5.98. The van der Waals surface area contributed by atoms with E-state index in [4.69, 9.17) is 0 Å². The van der Waals surface area contributed by atoms with E-state index in [9.17, 15) is 14.4 Å². The normalized spacial score (nSPS) is 14.7. The van der Waals surface area contributed by atoms with Gasteiger partial charge in [0.25, 0.3) is 0 Å². The van der Waals surface area contributed by atoms with Gasteiger partial charge in [0, 0.05) is 38.8 Å². The molecule has 1 aromatic carbocycles. The van der Waals surface area contributed by atoms with Crippen molar-refractivity contribution in [3.05, 3.63) is 23.8 Å². The minimum atomic E-state index is -0.563. The molecule has 1 N–H and O–H groups in total. The van der Waals surface area contributed by atoms with E-state index in [1.54, 1.807) is 25.8 Å². The van der Waals surface area contributed by atoms with Gasteiger partial charge in [0.1, 0.15) is 6.04 Å². The second-order valence-electron chi connectivity index (χ2n) is 5.91. The van der Waals surface area contributed by atoms with Crippen molar-refractivity contribution >= 4 is 29.1 Å². The lowest BCUT2D eigenvalue weighted by Crippen LogP contribution is -2.42. The first-order valence-electron chi connectivity index (χ1n) is 7.76. The summed E-state index contributed by atoms with van der Waals surface area (Å²) in [4.78, 5) is 38.5. The van der Waals surface area contributed by atoms with Crippen molar-refractivity contribution in [2.75, 3.05) is 23.8 Å². The van der Waals surface area contributed by atoms with Crippen molar-refractivity contribution in [3.63, 3.8) is 0 Å². The zero-order chi connectivity index (χ0) is 17.1. The van der Waals surface area contributed by atoms with Crippen LogP contribution in [0.4, 0.5) is 11.4 Å². The Kier molecular flexibility index (Phi) is 5.03. The maximum absolute atomic E-state index is 12.3. The number of carbonyl (C=O) groups is 3. The summed E-state index contributed by atoms with van der Waals surface area (Å²) in [6.45, 7) is 5.35. The Balaban J connectivity index is 2.19. The smallest absolute Gasteiger partial charge is 0.246 e. The highest BCUT2D eigenvalue weighted by atomic mass is 16.2. The van der Waals surface area contributed by atoms with Crippen LogP contribution in [0, 0.1) is 0 Å². The first kappa shape index (κ1) is 17.0. The quantitative estimate of drug-likeness (QED) is 0.924. The van der Waals surface area contributed by atoms with Crippen LogP contribution in [0.5, 0.6) is 0 Å². The van der Waals surface area contributed by atoms with E-state index in [0.717, 1.165) is 24.1 Å². The third-order valence-electron chi connectivity index (χ3n) is 4.31. The number of fused-ring (bicyclic) bond motifs is 1. The predicted octanol–water partition coefficient (Wildman–Crippen LogP) is 1.79. The average Bonchev–Trinajstić information content (AvgIpc) is 2.52. The molecule has 0 aliphatic carbocycles. The number of likely N-dealkylation sites (N-methyl/N-ethyl adjacent to an activating group) is 1. The fraction of sp³-hybridized carbons (Fsp3) is 0.471. The lowest BCUT2D eigenvalue weighted by atomic mass is 10.0. The number of amides is 3. The SMILES string of the molecule is CC(=O)N1CCCc2ccc(NC(=O)C(C)N(C)C(C)=O)cc21. The van der Waals surface area contributed by atoms with Gasteiger partial charge in [-0.1, -0.05) is 6.07 Å². The van der Waals surface area contributed by atoms with E-state index in [2.05, 4.69) is 5.32 Å². The molecule has 0 spiro atoms. The summed E-state index contributed by atoms with van der Waals surface area (Å²) >= 11 is 0. The van der Waals surface area contributed by atoms with Crippen molar-refractivity contribution in [1.82, 2.24) is 4.90 Å². The van der Waals surface area contributed by atoms with Crippen LogP contribution < -0.4 is 10.2 Å². The summed E-state index contributed by atoms with van der Waals surface area (Å²) in [6, 6.07) is 5.04. The Bertz CT molecular complexity index is 642. The predicted molar refractivity (Wildman–Crippen MR) is 89.3 cm³/mol.